The van der Waals surface area contributed by atoms with Gasteiger partial charge in [-0.05, 0) is 23.4 Å². The molecule has 0 atom stereocenters. The predicted octanol–water partition coefficient (Wildman–Crippen LogP) is 4.73. The van der Waals surface area contributed by atoms with Crippen molar-refractivity contribution in [3.63, 3.8) is 0 Å². The van der Waals surface area contributed by atoms with E-state index in [0.29, 0.717) is 16.6 Å². The van der Waals surface area contributed by atoms with Crippen LogP contribution in [0.4, 0.5) is 13.2 Å². The monoisotopic (exact) mass is 342 g/mol. The van der Waals surface area contributed by atoms with Crippen molar-refractivity contribution in [2.45, 2.75) is 18.4 Å². The maximum atomic E-state index is 12.8. The first-order chi connectivity index (χ1) is 8.49. The van der Waals surface area contributed by atoms with Gasteiger partial charge in [-0.25, -0.2) is 0 Å². The van der Waals surface area contributed by atoms with Crippen LogP contribution in [0, 0.1) is 0 Å². The van der Waals surface area contributed by atoms with Crippen molar-refractivity contribution >= 4 is 27.7 Å². The standard InChI is InChI=1S/C12H14BrF3OS/c1-2-18-6-5-17-11-4-3-9(8-13)7-10(11)12(14,15)16/h3-4,7H,2,5-6,8H2,1H3. The van der Waals surface area contributed by atoms with Gasteiger partial charge in [-0.1, -0.05) is 28.9 Å². The van der Waals surface area contributed by atoms with Gasteiger partial charge in [0.15, 0.2) is 0 Å². The van der Waals surface area contributed by atoms with Gasteiger partial charge in [0.25, 0.3) is 0 Å². The number of halogens is 4. The number of alkyl halides is 4. The van der Waals surface area contributed by atoms with E-state index in [1.54, 1.807) is 17.8 Å². The first kappa shape index (κ1) is 15.7. The van der Waals surface area contributed by atoms with E-state index in [0.717, 1.165) is 11.8 Å². The molecule has 1 aromatic rings. The highest BCUT2D eigenvalue weighted by atomic mass is 79.9. The van der Waals surface area contributed by atoms with Gasteiger partial charge in [0.2, 0.25) is 0 Å². The Labute approximate surface area is 117 Å². The van der Waals surface area contributed by atoms with Gasteiger partial charge in [0.05, 0.1) is 12.2 Å². The van der Waals surface area contributed by atoms with Crippen LogP contribution in [-0.2, 0) is 11.5 Å². The maximum Gasteiger partial charge on any atom is 0.419 e. The molecule has 1 nitrogen and oxygen atoms in total. The quantitative estimate of drug-likeness (QED) is 0.545. The molecule has 0 aliphatic heterocycles. The minimum Gasteiger partial charge on any atom is -0.492 e. The van der Waals surface area contributed by atoms with Crippen molar-refractivity contribution in [3.8, 4) is 5.75 Å². The van der Waals surface area contributed by atoms with Crippen LogP contribution < -0.4 is 4.74 Å². The third-order valence-electron chi connectivity index (χ3n) is 2.19. The Balaban J connectivity index is 2.82. The van der Waals surface area contributed by atoms with E-state index in [1.165, 1.54) is 6.07 Å². The van der Waals surface area contributed by atoms with Gasteiger partial charge in [-0.15, -0.1) is 0 Å². The lowest BCUT2D eigenvalue weighted by atomic mass is 10.1. The molecule has 0 unspecified atom stereocenters. The molecule has 0 bridgehead atoms. The largest absolute Gasteiger partial charge is 0.492 e. The van der Waals surface area contributed by atoms with Gasteiger partial charge >= 0.3 is 6.18 Å². The third kappa shape index (κ3) is 4.72. The summed E-state index contributed by atoms with van der Waals surface area (Å²) in [6, 6.07) is 4.14. The highest BCUT2D eigenvalue weighted by molar-refractivity contribution is 9.08. The van der Waals surface area contributed by atoms with Crippen molar-refractivity contribution in [1.82, 2.24) is 0 Å². The van der Waals surface area contributed by atoms with Gasteiger partial charge in [0.1, 0.15) is 5.75 Å². The molecule has 0 aliphatic rings. The van der Waals surface area contributed by atoms with Crippen LogP contribution >= 0.6 is 27.7 Å². The van der Waals surface area contributed by atoms with Crippen molar-refractivity contribution in [2.24, 2.45) is 0 Å². The van der Waals surface area contributed by atoms with Crippen LogP contribution in [0.3, 0.4) is 0 Å². The maximum absolute atomic E-state index is 12.8. The molecular weight excluding hydrogens is 329 g/mol. The average molecular weight is 343 g/mol. The molecule has 0 saturated carbocycles. The average Bonchev–Trinajstić information content (AvgIpc) is 2.33. The number of rotatable bonds is 6. The van der Waals surface area contributed by atoms with Crippen molar-refractivity contribution in [2.75, 3.05) is 18.1 Å². The van der Waals surface area contributed by atoms with E-state index in [2.05, 4.69) is 15.9 Å². The Morgan fingerprint density at radius 1 is 1.33 bits per heavy atom. The van der Waals surface area contributed by atoms with Crippen LogP contribution in [0.25, 0.3) is 0 Å². The summed E-state index contributed by atoms with van der Waals surface area (Å²) in [6.45, 7) is 2.28. The summed E-state index contributed by atoms with van der Waals surface area (Å²) in [5.41, 5.74) is -0.126. The first-order valence-corrected chi connectivity index (χ1v) is 7.73. The van der Waals surface area contributed by atoms with Crippen LogP contribution in [-0.4, -0.2) is 18.1 Å². The summed E-state index contributed by atoms with van der Waals surface area (Å²) in [7, 11) is 0. The Morgan fingerprint density at radius 2 is 2.06 bits per heavy atom. The second-order valence-electron chi connectivity index (χ2n) is 3.51. The molecular formula is C12H14BrF3OS. The fourth-order valence-corrected chi connectivity index (χ4v) is 2.20. The fourth-order valence-electron chi connectivity index (χ4n) is 1.36. The highest BCUT2D eigenvalue weighted by Crippen LogP contribution is 2.37. The van der Waals surface area contributed by atoms with E-state index < -0.39 is 11.7 Å². The normalized spacial score (nSPS) is 11.6. The molecule has 102 valence electrons. The molecule has 0 amide bonds. The molecule has 0 aliphatic carbocycles. The molecule has 18 heavy (non-hydrogen) atoms. The van der Waals surface area contributed by atoms with Crippen LogP contribution in [0.1, 0.15) is 18.1 Å². The minimum atomic E-state index is -4.38. The summed E-state index contributed by atoms with van der Waals surface area (Å²) in [5, 5.41) is 0.391. The van der Waals surface area contributed by atoms with E-state index in [1.807, 2.05) is 6.92 Å². The molecule has 1 rings (SSSR count). The Kier molecular flexibility index (Phi) is 6.35. The SMILES string of the molecule is CCSCCOc1ccc(CBr)cc1C(F)(F)F. The van der Waals surface area contributed by atoms with Gasteiger partial charge in [0, 0.05) is 11.1 Å². The molecule has 0 fully saturated rings. The zero-order valence-corrected chi connectivity index (χ0v) is 12.3. The molecule has 1 aromatic carbocycles. The minimum absolute atomic E-state index is 0.0936. The van der Waals surface area contributed by atoms with Crippen molar-refractivity contribution in [1.29, 1.82) is 0 Å². The molecule has 6 heteroatoms. The number of benzene rings is 1. The van der Waals surface area contributed by atoms with Crippen molar-refractivity contribution in [3.05, 3.63) is 29.3 Å². The lowest BCUT2D eigenvalue weighted by Crippen LogP contribution is -2.10. The number of hydrogen-bond donors (Lipinski definition) is 0. The van der Waals surface area contributed by atoms with E-state index in [9.17, 15) is 13.2 Å². The molecule has 0 spiro atoms. The second kappa shape index (κ2) is 7.28. The van der Waals surface area contributed by atoms with Crippen LogP contribution in [0.5, 0.6) is 5.75 Å². The summed E-state index contributed by atoms with van der Waals surface area (Å²) in [4.78, 5) is 0. The second-order valence-corrected chi connectivity index (χ2v) is 5.46. The summed E-state index contributed by atoms with van der Waals surface area (Å²) >= 11 is 4.78. The number of ether oxygens (including phenoxy) is 1. The Hall–Kier alpha value is -0.360. The molecule has 0 saturated heterocycles. The lowest BCUT2D eigenvalue weighted by molar-refractivity contribution is -0.138. The number of hydrogen-bond acceptors (Lipinski definition) is 2. The van der Waals surface area contributed by atoms with Gasteiger partial charge < -0.3 is 4.74 Å². The van der Waals surface area contributed by atoms with Gasteiger partial charge in [-0.2, -0.15) is 24.9 Å². The molecule has 0 N–H and O–H groups in total. The van der Waals surface area contributed by atoms with E-state index >= 15 is 0 Å². The molecule has 0 aromatic heterocycles. The molecule has 0 radical (unpaired) electrons. The first-order valence-electron chi connectivity index (χ1n) is 5.45. The fraction of sp³-hybridized carbons (Fsp3) is 0.500. The van der Waals surface area contributed by atoms with Crippen molar-refractivity contribution < 1.29 is 17.9 Å². The van der Waals surface area contributed by atoms with E-state index in [-0.39, 0.29) is 12.4 Å². The smallest absolute Gasteiger partial charge is 0.419 e. The van der Waals surface area contributed by atoms with Gasteiger partial charge in [-0.3, -0.25) is 0 Å². The lowest BCUT2D eigenvalue weighted by Gasteiger charge is -2.14. The third-order valence-corrected chi connectivity index (χ3v) is 3.70. The summed E-state index contributed by atoms with van der Waals surface area (Å²) in [6.07, 6.45) is -4.38. The Morgan fingerprint density at radius 3 is 2.61 bits per heavy atom. The predicted molar refractivity (Wildman–Crippen MR) is 72.6 cm³/mol. The summed E-state index contributed by atoms with van der Waals surface area (Å²) < 4.78 is 43.7. The zero-order valence-electron chi connectivity index (χ0n) is 9.89. The highest BCUT2D eigenvalue weighted by Gasteiger charge is 2.34. The number of thioether (sulfide) groups is 1. The van der Waals surface area contributed by atoms with E-state index in [4.69, 9.17) is 4.74 Å². The van der Waals surface area contributed by atoms with Crippen LogP contribution in [0.15, 0.2) is 18.2 Å². The van der Waals surface area contributed by atoms with Crippen LogP contribution in [0.2, 0.25) is 0 Å². The zero-order chi connectivity index (χ0) is 13.6. The molecule has 0 heterocycles. The topological polar surface area (TPSA) is 9.23 Å². The summed E-state index contributed by atoms with van der Waals surface area (Å²) in [5.74, 6) is 1.52. The Bertz CT molecular complexity index is 382.